The van der Waals surface area contributed by atoms with Gasteiger partial charge < -0.3 is 41.3 Å². The van der Waals surface area contributed by atoms with Crippen molar-refractivity contribution in [3.05, 3.63) is 0 Å². The number of hydrogen-bond donors (Lipinski definition) is 7. The van der Waals surface area contributed by atoms with E-state index in [9.17, 15) is 24.6 Å². The highest BCUT2D eigenvalue weighted by atomic mass is 16.3. The Bertz CT molecular complexity index is 1130. The van der Waals surface area contributed by atoms with Crippen LogP contribution in [0.4, 0.5) is 0 Å². The minimum absolute atomic E-state index is 0.0437. The first-order chi connectivity index (χ1) is 37.8. The maximum atomic E-state index is 12.4. The first-order valence-corrected chi connectivity index (χ1v) is 33.2. The summed E-state index contributed by atoms with van der Waals surface area (Å²) in [4.78, 5) is 43.2. The number of hydrogen-bond acceptors (Lipinski definition) is 10. The van der Waals surface area contributed by atoms with E-state index in [1.54, 1.807) is 0 Å². The van der Waals surface area contributed by atoms with Crippen LogP contribution in [0.5, 0.6) is 0 Å². The molecule has 0 aromatic heterocycles. The Morgan fingerprint density at radius 1 is 0.247 bits per heavy atom. The van der Waals surface area contributed by atoms with Crippen molar-refractivity contribution in [3.63, 3.8) is 0 Å². The van der Waals surface area contributed by atoms with E-state index in [0.717, 1.165) is 64.7 Å². The van der Waals surface area contributed by atoms with E-state index < -0.39 is 0 Å². The molecule has 0 saturated heterocycles. The number of aliphatic hydroxyl groups is 4. The van der Waals surface area contributed by atoms with Gasteiger partial charge in [0.25, 0.3) is 0 Å². The fraction of sp³-hybridized carbons (Fsp3) is 0.953. The molecule has 0 heterocycles. The van der Waals surface area contributed by atoms with E-state index in [1.807, 2.05) is 0 Å². The fourth-order valence-electron chi connectivity index (χ4n) is 9.96. The lowest BCUT2D eigenvalue weighted by Gasteiger charge is -2.26. The Morgan fingerprint density at radius 2 is 0.468 bits per heavy atom. The lowest BCUT2D eigenvalue weighted by Crippen LogP contribution is -2.40. The SMILES string of the molecule is CCCCCCCCCCCCCCNC(=O)CCN(CCO)CCCCCO.CCCCCCCCCCCCCCNC(=O)CCN(CCO)CCN(CCO)CCC(=O)NCCCCCCCCCCCCCC. The molecule has 13 heteroatoms. The van der Waals surface area contributed by atoms with Crippen molar-refractivity contribution in [3.8, 4) is 0 Å². The van der Waals surface area contributed by atoms with Crippen molar-refractivity contribution >= 4 is 17.7 Å². The van der Waals surface area contributed by atoms with Crippen LogP contribution in [0.2, 0.25) is 0 Å². The van der Waals surface area contributed by atoms with Gasteiger partial charge in [0.1, 0.15) is 0 Å². The highest BCUT2D eigenvalue weighted by molar-refractivity contribution is 5.76. The second-order valence-corrected chi connectivity index (χ2v) is 22.4. The predicted molar refractivity (Wildman–Crippen MR) is 328 cm³/mol. The fourth-order valence-corrected chi connectivity index (χ4v) is 9.96. The second-order valence-electron chi connectivity index (χ2n) is 22.4. The highest BCUT2D eigenvalue weighted by Gasteiger charge is 2.13. The summed E-state index contributed by atoms with van der Waals surface area (Å²) in [6.07, 6.45) is 51.5. The molecular formula is C64H132N6O7. The summed E-state index contributed by atoms with van der Waals surface area (Å²) >= 11 is 0. The molecule has 0 aromatic carbocycles. The van der Waals surface area contributed by atoms with Crippen LogP contribution >= 0.6 is 0 Å². The summed E-state index contributed by atoms with van der Waals surface area (Å²) in [5.41, 5.74) is 0. The highest BCUT2D eigenvalue weighted by Crippen LogP contribution is 2.15. The molecule has 0 unspecified atom stereocenters. The number of carbonyl (C=O) groups is 3. The minimum Gasteiger partial charge on any atom is -0.396 e. The molecule has 0 bridgehead atoms. The van der Waals surface area contributed by atoms with Gasteiger partial charge in [0.05, 0.1) is 19.8 Å². The number of unbranched alkanes of at least 4 members (excludes halogenated alkanes) is 35. The van der Waals surface area contributed by atoms with Gasteiger partial charge in [0.15, 0.2) is 0 Å². The van der Waals surface area contributed by atoms with Crippen LogP contribution in [-0.2, 0) is 14.4 Å². The Morgan fingerprint density at radius 3 is 0.701 bits per heavy atom. The zero-order chi connectivity index (χ0) is 56.6. The molecule has 3 amide bonds. The monoisotopic (exact) mass is 1100 g/mol. The van der Waals surface area contributed by atoms with Crippen molar-refractivity contribution in [2.45, 2.75) is 290 Å². The van der Waals surface area contributed by atoms with E-state index in [2.05, 4.69) is 51.4 Å². The van der Waals surface area contributed by atoms with Gasteiger partial charge in [-0.25, -0.2) is 0 Å². The molecule has 0 radical (unpaired) electrons. The third-order valence-corrected chi connectivity index (χ3v) is 15.1. The maximum Gasteiger partial charge on any atom is 0.221 e. The average Bonchev–Trinajstić information content (AvgIpc) is 3.43. The number of amides is 3. The topological polar surface area (TPSA) is 178 Å². The molecule has 0 fully saturated rings. The maximum absolute atomic E-state index is 12.4. The van der Waals surface area contributed by atoms with Gasteiger partial charge in [0.2, 0.25) is 17.7 Å². The minimum atomic E-state index is 0.0437. The van der Waals surface area contributed by atoms with Crippen molar-refractivity contribution in [2.24, 2.45) is 0 Å². The van der Waals surface area contributed by atoms with E-state index in [4.69, 9.17) is 10.2 Å². The molecule has 460 valence electrons. The molecule has 0 spiro atoms. The van der Waals surface area contributed by atoms with Crippen LogP contribution in [0.15, 0.2) is 0 Å². The lowest BCUT2D eigenvalue weighted by atomic mass is 10.1. The summed E-state index contributed by atoms with van der Waals surface area (Å²) in [5.74, 6) is 0.252. The Labute approximate surface area is 476 Å². The molecule has 7 N–H and O–H groups in total. The van der Waals surface area contributed by atoms with Crippen LogP contribution < -0.4 is 16.0 Å². The molecule has 13 nitrogen and oxygen atoms in total. The Kier molecular flexibility index (Phi) is 66.8. The number of nitrogens with zero attached hydrogens (tertiary/aromatic N) is 3. The van der Waals surface area contributed by atoms with Crippen molar-refractivity contribution < 1.29 is 34.8 Å². The quantitative estimate of drug-likeness (QED) is 0.0290. The molecule has 0 aromatic rings. The van der Waals surface area contributed by atoms with Gasteiger partial charge in [0, 0.05) is 97.9 Å². The molecule has 0 saturated carbocycles. The number of rotatable bonds is 62. The predicted octanol–water partition coefficient (Wildman–Crippen LogP) is 12.6. The Balaban J connectivity index is 0. The van der Waals surface area contributed by atoms with Crippen molar-refractivity contribution in [1.29, 1.82) is 0 Å². The zero-order valence-corrected chi connectivity index (χ0v) is 51.4. The first kappa shape index (κ1) is 77.2. The summed E-state index contributed by atoms with van der Waals surface area (Å²) in [6.45, 7) is 15.3. The molecule has 0 aliphatic heterocycles. The van der Waals surface area contributed by atoms with Gasteiger partial charge >= 0.3 is 0 Å². The van der Waals surface area contributed by atoms with Gasteiger partial charge in [-0.2, -0.15) is 0 Å². The van der Waals surface area contributed by atoms with Crippen molar-refractivity contribution in [2.75, 3.05) is 105 Å². The van der Waals surface area contributed by atoms with E-state index in [0.29, 0.717) is 71.6 Å². The molecule has 0 atom stereocenters. The zero-order valence-electron chi connectivity index (χ0n) is 51.4. The van der Waals surface area contributed by atoms with E-state index in [-0.39, 0.29) is 44.1 Å². The van der Waals surface area contributed by atoms with Crippen LogP contribution in [0.1, 0.15) is 290 Å². The van der Waals surface area contributed by atoms with Crippen LogP contribution in [0, 0.1) is 0 Å². The summed E-state index contributed by atoms with van der Waals surface area (Å²) in [7, 11) is 0. The number of aliphatic hydroxyl groups excluding tert-OH is 4. The third kappa shape index (κ3) is 63.2. The van der Waals surface area contributed by atoms with Crippen LogP contribution in [0.3, 0.4) is 0 Å². The Hall–Kier alpha value is -1.87. The molecule has 77 heavy (non-hydrogen) atoms. The normalized spacial score (nSPS) is 11.5. The average molecular weight is 1100 g/mol. The van der Waals surface area contributed by atoms with Crippen LogP contribution in [0.25, 0.3) is 0 Å². The van der Waals surface area contributed by atoms with Gasteiger partial charge in [-0.15, -0.1) is 0 Å². The molecule has 0 rings (SSSR count). The van der Waals surface area contributed by atoms with Crippen LogP contribution in [-0.4, -0.2) is 158 Å². The molecule has 0 aliphatic carbocycles. The summed E-state index contributed by atoms with van der Waals surface area (Å²) in [6, 6.07) is 0. The third-order valence-electron chi connectivity index (χ3n) is 15.1. The first-order valence-electron chi connectivity index (χ1n) is 33.2. The van der Waals surface area contributed by atoms with E-state index in [1.165, 1.54) is 212 Å². The van der Waals surface area contributed by atoms with Gasteiger partial charge in [-0.1, -0.05) is 233 Å². The standard InChI is InChI=1S/C40H82N4O4.C24H50N2O3/c1-3-5-7-9-11-13-15-17-19-21-23-25-29-41-39(47)27-31-43(35-37-45)33-34-44(36-38-46)32-28-40(48)42-30-26-24-22-20-18-16-14-12-10-8-6-4-2;1-2-3-4-5-6-7-8-9-10-11-12-14-18-25-24(29)17-20-26(21-23-28)19-15-13-16-22-27/h45-46H,3-38H2,1-2H3,(H,41,47)(H,42,48);27-28H,2-23H2,1H3,(H,25,29). The molecular weight excluding hydrogens is 965 g/mol. The van der Waals surface area contributed by atoms with Gasteiger partial charge in [-0.05, 0) is 45.1 Å². The second kappa shape index (κ2) is 66.6. The smallest absolute Gasteiger partial charge is 0.221 e. The van der Waals surface area contributed by atoms with Gasteiger partial charge in [-0.3, -0.25) is 24.2 Å². The summed E-state index contributed by atoms with van der Waals surface area (Å²) < 4.78 is 0. The van der Waals surface area contributed by atoms with Crippen molar-refractivity contribution in [1.82, 2.24) is 30.7 Å². The largest absolute Gasteiger partial charge is 0.396 e. The summed E-state index contributed by atoms with van der Waals surface area (Å²) in [5, 5.41) is 46.2. The molecule has 0 aliphatic rings. The van der Waals surface area contributed by atoms with E-state index >= 15 is 0 Å². The number of carbonyl (C=O) groups excluding carboxylic acids is 3. The number of nitrogens with one attached hydrogen (secondary N) is 3. The lowest BCUT2D eigenvalue weighted by molar-refractivity contribution is -0.122.